The zero-order valence-electron chi connectivity index (χ0n) is 22.7. The van der Waals surface area contributed by atoms with Crippen LogP contribution in [0.2, 0.25) is 5.15 Å². The molecule has 4 heterocycles. The molecule has 2 N–H and O–H groups in total. The number of pyridine rings is 2. The molecule has 3 aromatic rings. The minimum absolute atomic E-state index is 0.00873. The molecule has 0 spiro atoms. The van der Waals surface area contributed by atoms with E-state index in [9.17, 15) is 14.7 Å². The first-order valence-corrected chi connectivity index (χ1v) is 13.5. The topological polar surface area (TPSA) is 115 Å². The van der Waals surface area contributed by atoms with Gasteiger partial charge in [-0.1, -0.05) is 23.7 Å². The van der Waals surface area contributed by atoms with Crippen LogP contribution < -0.4 is 20.3 Å². The van der Waals surface area contributed by atoms with Crippen LogP contribution in [-0.2, 0) is 11.3 Å². The lowest BCUT2D eigenvalue weighted by Gasteiger charge is -2.40. The Balaban J connectivity index is 1.45. The number of fused-ring (bicyclic) bond motifs is 3. The Kier molecular flexibility index (Phi) is 7.54. The summed E-state index contributed by atoms with van der Waals surface area (Å²) in [6, 6.07) is 7.52. The second kappa shape index (κ2) is 10.8. The quantitative estimate of drug-likeness (QED) is 0.423. The standard InChI is InChI=1S/C28H32ClFN4O6/c1-28(2,3)40-27(37)34-16-7-10-19(34)18(31-12-16)14-39-26-22-20(35)11-21(36)33(24(22)23(30)25(29)32-26)13-15-5-8-17(38-4)9-6-15/h5-6,8-9,11,16,18-19,31,35H,7,10,12-14H2,1-4H3/t16-,18-,19+/m1/s1. The van der Waals surface area contributed by atoms with Crippen LogP contribution >= 0.6 is 11.6 Å². The summed E-state index contributed by atoms with van der Waals surface area (Å²) in [4.78, 5) is 31.7. The number of halogens is 2. The number of ether oxygens (including phenoxy) is 3. The zero-order valence-corrected chi connectivity index (χ0v) is 23.5. The van der Waals surface area contributed by atoms with Crippen LogP contribution in [0, 0.1) is 5.82 Å². The van der Waals surface area contributed by atoms with Crippen LogP contribution in [0.25, 0.3) is 10.9 Å². The highest BCUT2D eigenvalue weighted by atomic mass is 35.5. The van der Waals surface area contributed by atoms with Gasteiger partial charge in [-0.05, 0) is 51.3 Å². The monoisotopic (exact) mass is 574 g/mol. The Morgan fingerprint density at radius 3 is 2.65 bits per heavy atom. The van der Waals surface area contributed by atoms with Crippen molar-refractivity contribution in [1.82, 2.24) is 19.8 Å². The molecule has 2 aromatic heterocycles. The fourth-order valence-corrected chi connectivity index (χ4v) is 5.57. The number of methoxy groups -OCH3 is 1. The summed E-state index contributed by atoms with van der Waals surface area (Å²) < 4.78 is 33.4. The van der Waals surface area contributed by atoms with Gasteiger partial charge in [0.05, 0.1) is 31.3 Å². The predicted octanol–water partition coefficient (Wildman–Crippen LogP) is 4.07. The van der Waals surface area contributed by atoms with Crippen molar-refractivity contribution in [2.45, 2.75) is 63.9 Å². The van der Waals surface area contributed by atoms with Gasteiger partial charge in [0.1, 0.15) is 29.1 Å². The lowest BCUT2D eigenvalue weighted by Crippen LogP contribution is -2.61. The van der Waals surface area contributed by atoms with E-state index in [2.05, 4.69) is 10.3 Å². The summed E-state index contributed by atoms with van der Waals surface area (Å²) in [5.74, 6) is -0.906. The van der Waals surface area contributed by atoms with Crippen LogP contribution in [0.4, 0.5) is 9.18 Å². The first kappa shape index (κ1) is 28.0. The van der Waals surface area contributed by atoms with Crippen molar-refractivity contribution in [1.29, 1.82) is 0 Å². The summed E-state index contributed by atoms with van der Waals surface area (Å²) in [5.41, 5.74) is -0.759. The van der Waals surface area contributed by atoms with Crippen LogP contribution in [0.5, 0.6) is 17.4 Å². The van der Waals surface area contributed by atoms with Gasteiger partial charge in [-0.25, -0.2) is 9.18 Å². The number of carbonyl (C=O) groups is 1. The molecule has 0 saturated carbocycles. The number of nitrogens with zero attached hydrogens (tertiary/aromatic N) is 3. The fourth-order valence-electron chi connectivity index (χ4n) is 5.41. The van der Waals surface area contributed by atoms with E-state index in [0.29, 0.717) is 17.9 Å². The number of amides is 1. The number of hydrogen-bond donors (Lipinski definition) is 2. The molecule has 3 atom stereocenters. The Morgan fingerprint density at radius 1 is 1.25 bits per heavy atom. The van der Waals surface area contributed by atoms with Crippen LogP contribution in [0.1, 0.15) is 39.2 Å². The maximum absolute atomic E-state index is 15.4. The molecule has 2 aliphatic rings. The Hall–Kier alpha value is -3.57. The van der Waals surface area contributed by atoms with E-state index < -0.39 is 27.9 Å². The van der Waals surface area contributed by atoms with E-state index >= 15 is 4.39 Å². The third-order valence-corrected chi connectivity index (χ3v) is 7.47. The smallest absolute Gasteiger partial charge is 0.410 e. The van der Waals surface area contributed by atoms with Crippen molar-refractivity contribution in [3.05, 3.63) is 57.2 Å². The van der Waals surface area contributed by atoms with Gasteiger partial charge in [0.15, 0.2) is 11.0 Å². The number of benzene rings is 1. The lowest BCUT2D eigenvalue weighted by atomic mass is 10.1. The molecule has 0 radical (unpaired) electrons. The number of nitrogens with one attached hydrogen (secondary N) is 1. The van der Waals surface area contributed by atoms with Crippen molar-refractivity contribution in [3.8, 4) is 17.4 Å². The fraction of sp³-hybridized carbons (Fsp3) is 0.464. The van der Waals surface area contributed by atoms with Gasteiger partial charge >= 0.3 is 6.09 Å². The Labute approximate surface area is 235 Å². The summed E-state index contributed by atoms with van der Waals surface area (Å²) >= 11 is 6.16. The summed E-state index contributed by atoms with van der Waals surface area (Å²) in [7, 11) is 1.54. The molecule has 2 aliphatic heterocycles. The number of aromatic hydroxyl groups is 1. The molecule has 2 saturated heterocycles. The average Bonchev–Trinajstić information content (AvgIpc) is 3.21. The van der Waals surface area contributed by atoms with E-state index in [0.717, 1.165) is 18.9 Å². The number of hydrogen-bond acceptors (Lipinski definition) is 8. The maximum atomic E-state index is 15.4. The van der Waals surface area contributed by atoms with E-state index in [1.54, 1.807) is 36.3 Å². The summed E-state index contributed by atoms with van der Waals surface area (Å²) in [6.07, 6.45) is 1.21. The molecule has 1 aromatic carbocycles. The van der Waals surface area contributed by atoms with Crippen LogP contribution in [0.3, 0.4) is 0 Å². The second-order valence-electron chi connectivity index (χ2n) is 11.1. The van der Waals surface area contributed by atoms with Crippen molar-refractivity contribution in [2.24, 2.45) is 0 Å². The molecule has 40 heavy (non-hydrogen) atoms. The highest BCUT2D eigenvalue weighted by molar-refractivity contribution is 6.30. The normalized spacial score (nSPS) is 20.6. The SMILES string of the molecule is COc1ccc(Cn2c(=O)cc(O)c3c(OC[C@H]4NC[C@H]5CC[C@@H]4N5C(=O)OC(C)(C)C)nc(Cl)c(F)c32)cc1. The average molecular weight is 575 g/mol. The summed E-state index contributed by atoms with van der Waals surface area (Å²) in [5, 5.41) is 13.6. The van der Waals surface area contributed by atoms with E-state index in [1.807, 2.05) is 20.8 Å². The Bertz CT molecular complexity index is 1490. The van der Waals surface area contributed by atoms with Crippen LogP contribution in [0.15, 0.2) is 35.1 Å². The molecule has 2 bridgehead atoms. The maximum Gasteiger partial charge on any atom is 0.410 e. The molecule has 0 unspecified atom stereocenters. The second-order valence-corrected chi connectivity index (χ2v) is 11.4. The molecular formula is C28H32ClFN4O6. The molecule has 1 amide bonds. The van der Waals surface area contributed by atoms with Gasteiger partial charge in [-0.2, -0.15) is 4.98 Å². The van der Waals surface area contributed by atoms with Crippen molar-refractivity contribution in [2.75, 3.05) is 20.3 Å². The number of aromatic nitrogens is 2. The lowest BCUT2D eigenvalue weighted by molar-refractivity contribution is 0.00115. The van der Waals surface area contributed by atoms with E-state index in [-0.39, 0.29) is 54.2 Å². The van der Waals surface area contributed by atoms with E-state index in [4.69, 9.17) is 25.8 Å². The minimum atomic E-state index is -0.948. The molecule has 214 valence electrons. The zero-order chi connectivity index (χ0) is 28.8. The number of piperazine rings is 1. The van der Waals surface area contributed by atoms with Crippen molar-refractivity contribution >= 4 is 28.6 Å². The van der Waals surface area contributed by atoms with Crippen molar-refractivity contribution in [3.63, 3.8) is 0 Å². The van der Waals surface area contributed by atoms with Gasteiger partial charge in [0.25, 0.3) is 5.56 Å². The molecule has 2 fully saturated rings. The first-order chi connectivity index (χ1) is 19.0. The highest BCUT2D eigenvalue weighted by Gasteiger charge is 2.46. The predicted molar refractivity (Wildman–Crippen MR) is 147 cm³/mol. The van der Waals surface area contributed by atoms with Gasteiger partial charge in [0.2, 0.25) is 5.88 Å². The largest absolute Gasteiger partial charge is 0.507 e. The van der Waals surface area contributed by atoms with Gasteiger partial charge in [-0.15, -0.1) is 0 Å². The molecule has 12 heteroatoms. The molecule has 0 aliphatic carbocycles. The molecule has 10 nitrogen and oxygen atoms in total. The van der Waals surface area contributed by atoms with Gasteiger partial charge in [-0.3, -0.25) is 9.69 Å². The number of rotatable bonds is 6. The summed E-state index contributed by atoms with van der Waals surface area (Å²) in [6.45, 7) is 6.10. The molecular weight excluding hydrogens is 543 g/mol. The first-order valence-electron chi connectivity index (χ1n) is 13.1. The molecule has 5 rings (SSSR count). The van der Waals surface area contributed by atoms with Crippen LogP contribution in [-0.4, -0.2) is 69.6 Å². The van der Waals surface area contributed by atoms with E-state index in [1.165, 1.54) is 4.57 Å². The van der Waals surface area contributed by atoms with Crippen molar-refractivity contribution < 1.29 is 28.5 Å². The Morgan fingerprint density at radius 2 is 1.98 bits per heavy atom. The third kappa shape index (κ3) is 5.40. The highest BCUT2D eigenvalue weighted by Crippen LogP contribution is 2.37. The van der Waals surface area contributed by atoms with Gasteiger partial charge < -0.3 is 29.2 Å². The van der Waals surface area contributed by atoms with Gasteiger partial charge in [0, 0.05) is 18.7 Å². The minimum Gasteiger partial charge on any atom is -0.507 e. The number of carbonyl (C=O) groups excluding carboxylic acids is 1. The third-order valence-electron chi connectivity index (χ3n) is 7.22.